The second kappa shape index (κ2) is 10.5. The monoisotopic (exact) mass is 301 g/mol. The molecule has 122 valence electrons. The minimum Gasteiger partial charge on any atom is -0.480 e. The molecule has 7 heteroatoms. The summed E-state index contributed by atoms with van der Waals surface area (Å²) in [6.07, 6.45) is 2.96. The fraction of sp³-hybridized carbons (Fsp3) is 0.857. The molecule has 0 aromatic carbocycles. The van der Waals surface area contributed by atoms with Crippen molar-refractivity contribution in [1.29, 1.82) is 0 Å². The number of carbonyl (C=O) groups excluding carboxylic acids is 1. The lowest BCUT2D eigenvalue weighted by molar-refractivity contribution is -0.136. The largest absolute Gasteiger partial charge is 0.480 e. The highest BCUT2D eigenvalue weighted by molar-refractivity contribution is 5.77. The molecule has 3 N–H and O–H groups in total. The first-order valence-corrected chi connectivity index (χ1v) is 7.52. The van der Waals surface area contributed by atoms with Gasteiger partial charge in [0.15, 0.2) is 0 Å². The number of likely N-dealkylation sites (tertiary alicyclic amines) is 1. The van der Waals surface area contributed by atoms with Crippen molar-refractivity contribution in [2.24, 2.45) is 5.92 Å². The second-order valence-corrected chi connectivity index (χ2v) is 5.46. The number of hydrogen-bond acceptors (Lipinski definition) is 5. The van der Waals surface area contributed by atoms with Crippen molar-refractivity contribution < 1.29 is 19.4 Å². The lowest BCUT2D eigenvalue weighted by Gasteiger charge is -2.32. The summed E-state index contributed by atoms with van der Waals surface area (Å²) in [6.45, 7) is 4.18. The normalized spacial score (nSPS) is 19.4. The summed E-state index contributed by atoms with van der Waals surface area (Å²) in [7, 11) is 1.65. The Labute approximate surface area is 126 Å². The van der Waals surface area contributed by atoms with E-state index in [0.29, 0.717) is 32.2 Å². The lowest BCUT2D eigenvalue weighted by atomic mass is 9.98. The molecule has 1 aliphatic rings. The molecule has 1 unspecified atom stereocenters. The molecule has 1 rings (SSSR count). The first-order chi connectivity index (χ1) is 10.1. The number of carboxylic acid groups (broad SMARTS) is 1. The highest BCUT2D eigenvalue weighted by Crippen LogP contribution is 2.15. The Balaban J connectivity index is 2.16. The molecular weight excluding hydrogens is 274 g/mol. The number of carboxylic acids is 1. The molecule has 0 saturated carbocycles. The number of nitrogens with zero attached hydrogens (tertiary/aromatic N) is 1. The smallest absolute Gasteiger partial charge is 0.317 e. The maximum absolute atomic E-state index is 11.8. The molecule has 1 amide bonds. The molecule has 0 bridgehead atoms. The van der Waals surface area contributed by atoms with Gasteiger partial charge in [-0.3, -0.25) is 14.5 Å². The Morgan fingerprint density at radius 3 is 2.95 bits per heavy atom. The van der Waals surface area contributed by atoms with Crippen LogP contribution >= 0.6 is 0 Å². The summed E-state index contributed by atoms with van der Waals surface area (Å²) in [5, 5.41) is 14.4. The molecule has 0 aromatic rings. The zero-order chi connectivity index (χ0) is 15.5. The van der Waals surface area contributed by atoms with Gasteiger partial charge in [0.1, 0.15) is 0 Å². The minimum atomic E-state index is -0.835. The van der Waals surface area contributed by atoms with Gasteiger partial charge in [-0.05, 0) is 38.3 Å². The summed E-state index contributed by atoms with van der Waals surface area (Å²) in [5.74, 6) is -0.372. The van der Waals surface area contributed by atoms with Gasteiger partial charge in [-0.2, -0.15) is 0 Å². The van der Waals surface area contributed by atoms with E-state index < -0.39 is 5.97 Å². The van der Waals surface area contributed by atoms with E-state index >= 15 is 0 Å². The molecular formula is C14H27N3O4. The third-order valence-electron chi connectivity index (χ3n) is 3.53. The molecule has 1 saturated heterocycles. The molecule has 0 aliphatic carbocycles. The van der Waals surface area contributed by atoms with Gasteiger partial charge in [-0.25, -0.2) is 0 Å². The van der Waals surface area contributed by atoms with E-state index in [-0.39, 0.29) is 12.5 Å². The van der Waals surface area contributed by atoms with Crippen LogP contribution in [0.15, 0.2) is 0 Å². The van der Waals surface area contributed by atoms with Crippen LogP contribution in [0.25, 0.3) is 0 Å². The van der Waals surface area contributed by atoms with Gasteiger partial charge in [0.05, 0.1) is 13.1 Å². The van der Waals surface area contributed by atoms with Gasteiger partial charge < -0.3 is 20.5 Å². The summed E-state index contributed by atoms with van der Waals surface area (Å²) in [6, 6.07) is 0. The number of hydrogen-bond donors (Lipinski definition) is 3. The minimum absolute atomic E-state index is 0.00349. The Hall–Kier alpha value is -1.18. The predicted octanol–water partition coefficient (Wildman–Crippen LogP) is -0.475. The van der Waals surface area contributed by atoms with Crippen LogP contribution in [0, 0.1) is 5.92 Å². The third kappa shape index (κ3) is 8.64. The molecule has 1 heterocycles. The standard InChI is InChI=1S/C14H27N3O4/c1-21-7-3-5-16-13(18)11-17-6-2-4-12(10-17)8-15-9-14(19)20/h12,15H,2-11H2,1H3,(H,16,18)(H,19,20). The number of rotatable bonds is 10. The number of ether oxygens (including phenoxy) is 1. The number of carbonyl (C=O) groups is 2. The van der Waals surface area contributed by atoms with Crippen LogP contribution in [0.4, 0.5) is 0 Å². The lowest BCUT2D eigenvalue weighted by Crippen LogP contribution is -2.45. The average molecular weight is 301 g/mol. The van der Waals surface area contributed by atoms with Gasteiger partial charge in [0, 0.05) is 26.8 Å². The number of nitrogens with one attached hydrogen (secondary N) is 2. The van der Waals surface area contributed by atoms with Gasteiger partial charge in [-0.1, -0.05) is 0 Å². The van der Waals surface area contributed by atoms with E-state index in [1.54, 1.807) is 7.11 Å². The van der Waals surface area contributed by atoms with Gasteiger partial charge >= 0.3 is 5.97 Å². The Morgan fingerprint density at radius 1 is 1.43 bits per heavy atom. The Bertz CT molecular complexity index is 325. The van der Waals surface area contributed by atoms with Crippen molar-refractivity contribution in [3.8, 4) is 0 Å². The van der Waals surface area contributed by atoms with Crippen LogP contribution in [0.3, 0.4) is 0 Å². The SMILES string of the molecule is COCCCNC(=O)CN1CCCC(CNCC(=O)O)C1. The van der Waals surface area contributed by atoms with Crippen LogP contribution in [0.2, 0.25) is 0 Å². The molecule has 7 nitrogen and oxygen atoms in total. The van der Waals surface area contributed by atoms with Gasteiger partial charge in [0.25, 0.3) is 0 Å². The van der Waals surface area contributed by atoms with Crippen LogP contribution in [-0.4, -0.2) is 74.9 Å². The zero-order valence-corrected chi connectivity index (χ0v) is 12.8. The molecule has 1 fully saturated rings. The number of amides is 1. The van der Waals surface area contributed by atoms with Crippen LogP contribution in [-0.2, 0) is 14.3 Å². The number of methoxy groups -OCH3 is 1. The molecule has 1 atom stereocenters. The van der Waals surface area contributed by atoms with Crippen molar-refractivity contribution in [2.75, 3.05) is 53.0 Å². The molecule has 21 heavy (non-hydrogen) atoms. The summed E-state index contributed by atoms with van der Waals surface area (Å²) in [4.78, 5) is 24.4. The first kappa shape index (κ1) is 17.9. The Morgan fingerprint density at radius 2 is 2.24 bits per heavy atom. The molecule has 1 aliphatic heterocycles. The van der Waals surface area contributed by atoms with Crippen molar-refractivity contribution >= 4 is 11.9 Å². The first-order valence-electron chi connectivity index (χ1n) is 7.52. The quantitative estimate of drug-likeness (QED) is 0.472. The number of piperidine rings is 1. The molecule has 0 radical (unpaired) electrons. The Kier molecular flexibility index (Phi) is 8.96. The fourth-order valence-electron chi connectivity index (χ4n) is 2.55. The zero-order valence-electron chi connectivity index (χ0n) is 12.8. The van der Waals surface area contributed by atoms with E-state index in [9.17, 15) is 9.59 Å². The van der Waals surface area contributed by atoms with Crippen molar-refractivity contribution in [3.63, 3.8) is 0 Å². The van der Waals surface area contributed by atoms with Gasteiger partial charge in [-0.15, -0.1) is 0 Å². The van der Waals surface area contributed by atoms with E-state index in [1.807, 2.05) is 0 Å². The van der Waals surface area contributed by atoms with E-state index in [4.69, 9.17) is 9.84 Å². The summed E-state index contributed by atoms with van der Waals surface area (Å²) < 4.78 is 4.93. The van der Waals surface area contributed by atoms with Gasteiger partial charge in [0.2, 0.25) is 5.91 Å². The van der Waals surface area contributed by atoms with E-state index in [2.05, 4.69) is 15.5 Å². The maximum Gasteiger partial charge on any atom is 0.317 e. The summed E-state index contributed by atoms with van der Waals surface area (Å²) in [5.41, 5.74) is 0. The third-order valence-corrected chi connectivity index (χ3v) is 3.53. The fourth-order valence-corrected chi connectivity index (χ4v) is 2.55. The van der Waals surface area contributed by atoms with Crippen molar-refractivity contribution in [3.05, 3.63) is 0 Å². The van der Waals surface area contributed by atoms with Crippen LogP contribution in [0.5, 0.6) is 0 Å². The van der Waals surface area contributed by atoms with Crippen LogP contribution in [0.1, 0.15) is 19.3 Å². The van der Waals surface area contributed by atoms with E-state index in [1.165, 1.54) is 0 Å². The van der Waals surface area contributed by atoms with Crippen molar-refractivity contribution in [2.45, 2.75) is 19.3 Å². The second-order valence-electron chi connectivity index (χ2n) is 5.46. The predicted molar refractivity (Wildman–Crippen MR) is 79.2 cm³/mol. The highest BCUT2D eigenvalue weighted by atomic mass is 16.5. The maximum atomic E-state index is 11.8. The highest BCUT2D eigenvalue weighted by Gasteiger charge is 2.21. The molecule has 0 spiro atoms. The number of aliphatic carboxylic acids is 1. The van der Waals surface area contributed by atoms with Crippen LogP contribution < -0.4 is 10.6 Å². The van der Waals surface area contributed by atoms with Crippen molar-refractivity contribution in [1.82, 2.24) is 15.5 Å². The summed E-state index contributed by atoms with van der Waals surface area (Å²) >= 11 is 0. The topological polar surface area (TPSA) is 90.9 Å². The average Bonchev–Trinajstić information content (AvgIpc) is 2.44. The van der Waals surface area contributed by atoms with E-state index in [0.717, 1.165) is 32.4 Å². The molecule has 0 aromatic heterocycles.